The largest absolute Gasteiger partial charge is 0.433 e. The average Bonchev–Trinajstić information content (AvgIpc) is 3.51. The Hall–Kier alpha value is -3.24. The number of carbonyl (C=O) groups excluding carboxylic acids is 1. The van der Waals surface area contributed by atoms with Crippen LogP contribution in [0.15, 0.2) is 42.6 Å². The van der Waals surface area contributed by atoms with Gasteiger partial charge in [-0.2, -0.15) is 26.3 Å². The van der Waals surface area contributed by atoms with Crippen LogP contribution in [0.1, 0.15) is 30.5 Å². The zero-order valence-corrected chi connectivity index (χ0v) is 18.9. The molecule has 35 heavy (non-hydrogen) atoms. The lowest BCUT2D eigenvalue weighted by Gasteiger charge is -2.37. The molecule has 5 nitrogen and oxygen atoms in total. The zero-order chi connectivity index (χ0) is 25.3. The van der Waals surface area contributed by atoms with Crippen LogP contribution < -0.4 is 9.80 Å². The maximum absolute atomic E-state index is 13.7. The van der Waals surface area contributed by atoms with Crippen LogP contribution in [0.4, 0.5) is 37.8 Å². The first-order valence-corrected chi connectivity index (χ1v) is 11.1. The van der Waals surface area contributed by atoms with Gasteiger partial charge in [-0.05, 0) is 55.5 Å². The van der Waals surface area contributed by atoms with E-state index in [2.05, 4.69) is 4.98 Å². The number of amides is 1. The summed E-state index contributed by atoms with van der Waals surface area (Å²) in [7, 11) is 3.44. The highest BCUT2D eigenvalue weighted by molar-refractivity contribution is 6.06. The van der Waals surface area contributed by atoms with Gasteiger partial charge in [-0.15, -0.1) is 0 Å². The van der Waals surface area contributed by atoms with Crippen LogP contribution >= 0.6 is 0 Å². The highest BCUT2D eigenvalue weighted by Crippen LogP contribution is 2.47. The molecule has 1 amide bonds. The van der Waals surface area contributed by atoms with E-state index in [-0.39, 0.29) is 23.9 Å². The summed E-state index contributed by atoms with van der Waals surface area (Å²) >= 11 is 0. The number of nitrogens with zero attached hydrogens (tertiary/aromatic N) is 4. The molecular weight excluding hydrogens is 474 g/mol. The molecule has 1 saturated heterocycles. The van der Waals surface area contributed by atoms with E-state index in [1.165, 1.54) is 9.80 Å². The number of alkyl halides is 6. The standard InChI is InChI=1S/C24H22F6N4O/c1-32-9-8-16-17(32)4-3-5-18(16)33(2)22(35)21-13-6-7-15(10-13)34(21)20-12-14(23(25,26)27)11-19(31-20)24(28,29)30/h3-5,8-9,11-13,15,21H,6-7,10H2,1-2H3/t13-,15+,21-/m0/s1. The Morgan fingerprint density at radius 3 is 2.49 bits per heavy atom. The lowest BCUT2D eigenvalue weighted by Crippen LogP contribution is -2.51. The number of piperidine rings is 1. The van der Waals surface area contributed by atoms with E-state index in [0.717, 1.165) is 10.9 Å². The van der Waals surface area contributed by atoms with E-state index in [9.17, 15) is 31.1 Å². The highest BCUT2D eigenvalue weighted by atomic mass is 19.4. The quantitative estimate of drug-likeness (QED) is 0.442. The van der Waals surface area contributed by atoms with Crippen LogP contribution in [-0.2, 0) is 24.2 Å². The van der Waals surface area contributed by atoms with Gasteiger partial charge in [-0.3, -0.25) is 4.79 Å². The Kier molecular flexibility index (Phi) is 5.30. The first-order chi connectivity index (χ1) is 16.4. The summed E-state index contributed by atoms with van der Waals surface area (Å²) in [6.45, 7) is 0. The maximum atomic E-state index is 13.7. The summed E-state index contributed by atoms with van der Waals surface area (Å²) < 4.78 is 82.6. The first-order valence-electron chi connectivity index (χ1n) is 11.1. The topological polar surface area (TPSA) is 41.4 Å². The fraction of sp³-hybridized carbons (Fsp3) is 0.417. The van der Waals surface area contributed by atoms with Crippen molar-refractivity contribution in [3.63, 3.8) is 0 Å². The Labute approximate surface area is 196 Å². The van der Waals surface area contributed by atoms with Crippen molar-refractivity contribution in [1.29, 1.82) is 0 Å². The molecule has 1 aliphatic carbocycles. The number of aromatic nitrogens is 2. The third kappa shape index (κ3) is 3.90. The molecule has 2 aliphatic rings. The van der Waals surface area contributed by atoms with Crippen LogP contribution in [0.5, 0.6) is 0 Å². The lowest BCUT2D eigenvalue weighted by molar-refractivity contribution is -0.145. The van der Waals surface area contributed by atoms with E-state index >= 15 is 0 Å². The fourth-order valence-electron chi connectivity index (χ4n) is 5.49. The van der Waals surface area contributed by atoms with Crippen molar-refractivity contribution in [3.05, 3.63) is 53.9 Å². The number of hydrogen-bond acceptors (Lipinski definition) is 3. The molecule has 0 N–H and O–H groups in total. The molecule has 3 aromatic rings. The van der Waals surface area contributed by atoms with Crippen LogP contribution in [0.25, 0.3) is 10.9 Å². The number of likely N-dealkylation sites (N-methyl/N-ethyl adjacent to an activating group) is 1. The molecule has 0 spiro atoms. The maximum Gasteiger partial charge on any atom is 0.433 e. The smallest absolute Gasteiger partial charge is 0.350 e. The molecule has 186 valence electrons. The van der Waals surface area contributed by atoms with Gasteiger partial charge in [0.05, 0.1) is 11.3 Å². The van der Waals surface area contributed by atoms with Gasteiger partial charge in [-0.1, -0.05) is 6.07 Å². The number of hydrogen-bond donors (Lipinski definition) is 0. The number of anilines is 2. The SMILES string of the molecule is CN(C(=O)[C@@H]1[C@H]2CC[C@H](C2)N1c1cc(C(F)(F)F)cc(C(F)(F)F)n1)c1cccc2c1ccn2C. The number of fused-ring (bicyclic) bond motifs is 3. The second kappa shape index (κ2) is 7.89. The van der Waals surface area contributed by atoms with Gasteiger partial charge < -0.3 is 14.4 Å². The minimum atomic E-state index is -5.06. The molecule has 2 aromatic heterocycles. The number of rotatable bonds is 3. The molecular formula is C24H22F6N4O. The van der Waals surface area contributed by atoms with E-state index < -0.39 is 35.5 Å². The minimum Gasteiger partial charge on any atom is -0.350 e. The summed E-state index contributed by atoms with van der Waals surface area (Å²) in [6.07, 6.45) is -6.44. The fourth-order valence-corrected chi connectivity index (χ4v) is 5.49. The van der Waals surface area contributed by atoms with Crippen LogP contribution in [0.3, 0.4) is 0 Å². The Morgan fingerprint density at radius 2 is 1.80 bits per heavy atom. The molecule has 1 aliphatic heterocycles. The van der Waals surface area contributed by atoms with Crippen LogP contribution in [0, 0.1) is 5.92 Å². The lowest BCUT2D eigenvalue weighted by atomic mass is 9.96. The second-order valence-corrected chi connectivity index (χ2v) is 9.21. The summed E-state index contributed by atoms with van der Waals surface area (Å²) in [5.74, 6) is -1.04. The second-order valence-electron chi connectivity index (χ2n) is 9.21. The van der Waals surface area contributed by atoms with Crippen molar-refractivity contribution in [2.24, 2.45) is 13.0 Å². The average molecular weight is 496 g/mol. The number of pyridine rings is 1. The van der Waals surface area contributed by atoms with E-state index in [0.29, 0.717) is 31.0 Å². The number of aryl methyl sites for hydroxylation is 1. The van der Waals surface area contributed by atoms with Gasteiger partial charge in [0.25, 0.3) is 0 Å². The molecule has 3 heterocycles. The van der Waals surface area contributed by atoms with Crippen molar-refractivity contribution in [3.8, 4) is 0 Å². The third-order valence-electron chi connectivity index (χ3n) is 7.13. The van der Waals surface area contributed by atoms with Crippen molar-refractivity contribution in [2.45, 2.75) is 43.7 Å². The monoisotopic (exact) mass is 496 g/mol. The van der Waals surface area contributed by atoms with E-state index in [1.807, 2.05) is 29.9 Å². The van der Waals surface area contributed by atoms with Gasteiger partial charge in [0, 0.05) is 37.2 Å². The van der Waals surface area contributed by atoms with Crippen molar-refractivity contribution < 1.29 is 31.1 Å². The van der Waals surface area contributed by atoms with Gasteiger partial charge in [0.1, 0.15) is 17.6 Å². The number of halogens is 6. The van der Waals surface area contributed by atoms with Crippen molar-refractivity contribution >= 4 is 28.3 Å². The van der Waals surface area contributed by atoms with E-state index in [4.69, 9.17) is 0 Å². The summed E-state index contributed by atoms with van der Waals surface area (Å²) in [4.78, 5) is 20.1. The van der Waals surface area contributed by atoms with Crippen molar-refractivity contribution in [2.75, 3.05) is 16.8 Å². The summed E-state index contributed by atoms with van der Waals surface area (Å²) in [5, 5.41) is 0.817. The summed E-state index contributed by atoms with van der Waals surface area (Å²) in [5.41, 5.74) is -1.56. The predicted octanol–water partition coefficient (Wildman–Crippen LogP) is 5.63. The van der Waals surface area contributed by atoms with Gasteiger partial charge in [0.2, 0.25) is 5.91 Å². The van der Waals surface area contributed by atoms with Gasteiger partial charge >= 0.3 is 12.4 Å². The van der Waals surface area contributed by atoms with Crippen molar-refractivity contribution in [1.82, 2.24) is 9.55 Å². The molecule has 1 aromatic carbocycles. The Morgan fingerprint density at radius 1 is 1.06 bits per heavy atom. The Bertz CT molecular complexity index is 1270. The predicted molar refractivity (Wildman–Crippen MR) is 118 cm³/mol. The van der Waals surface area contributed by atoms with E-state index in [1.54, 1.807) is 19.2 Å². The number of carbonyl (C=O) groups is 1. The molecule has 2 fully saturated rings. The molecule has 0 unspecified atom stereocenters. The molecule has 0 radical (unpaired) electrons. The van der Waals surface area contributed by atoms with Crippen LogP contribution in [-0.4, -0.2) is 34.6 Å². The molecule has 2 bridgehead atoms. The zero-order valence-electron chi connectivity index (χ0n) is 18.9. The van der Waals surface area contributed by atoms with Gasteiger partial charge in [0.15, 0.2) is 0 Å². The number of benzene rings is 1. The molecule has 1 saturated carbocycles. The Balaban J connectivity index is 1.57. The minimum absolute atomic E-state index is 0.0108. The highest BCUT2D eigenvalue weighted by Gasteiger charge is 2.51. The molecule has 3 atom stereocenters. The normalized spacial score (nSPS) is 22.3. The third-order valence-corrected chi connectivity index (χ3v) is 7.13. The molecule has 5 rings (SSSR count). The van der Waals surface area contributed by atoms with Crippen LogP contribution in [0.2, 0.25) is 0 Å². The van der Waals surface area contributed by atoms with Gasteiger partial charge in [-0.25, -0.2) is 4.98 Å². The summed E-state index contributed by atoms with van der Waals surface area (Å²) in [6, 6.07) is 6.68. The first kappa shape index (κ1) is 23.5. The molecule has 11 heteroatoms.